The summed E-state index contributed by atoms with van der Waals surface area (Å²) in [6.07, 6.45) is 9.12. The van der Waals surface area contributed by atoms with Crippen LogP contribution in [0.2, 0.25) is 0 Å². The predicted octanol–water partition coefficient (Wildman–Crippen LogP) is 1.90. The molecule has 0 aromatic carbocycles. The summed E-state index contributed by atoms with van der Waals surface area (Å²) in [5, 5.41) is 0. The van der Waals surface area contributed by atoms with Crippen molar-refractivity contribution < 1.29 is 4.79 Å². The van der Waals surface area contributed by atoms with Crippen molar-refractivity contribution in [3.05, 3.63) is 0 Å². The summed E-state index contributed by atoms with van der Waals surface area (Å²) in [4.78, 5) is 14.3. The van der Waals surface area contributed by atoms with E-state index >= 15 is 0 Å². The second-order valence-corrected chi connectivity index (χ2v) is 5.51. The summed E-state index contributed by atoms with van der Waals surface area (Å²) in [6, 6.07) is 0.755. The van der Waals surface area contributed by atoms with E-state index in [1.165, 1.54) is 25.7 Å². The van der Waals surface area contributed by atoms with Gasteiger partial charge >= 0.3 is 0 Å². The van der Waals surface area contributed by atoms with Crippen LogP contribution in [0.15, 0.2) is 0 Å². The second-order valence-electron chi connectivity index (χ2n) is 5.51. The average molecular weight is 224 g/mol. The Morgan fingerprint density at radius 3 is 2.44 bits per heavy atom. The van der Waals surface area contributed by atoms with Gasteiger partial charge in [-0.15, -0.1) is 0 Å². The number of amides is 1. The van der Waals surface area contributed by atoms with Gasteiger partial charge in [0.05, 0.1) is 0 Å². The molecule has 1 amide bonds. The minimum Gasteiger partial charge on any atom is -0.343 e. The average Bonchev–Trinajstić information content (AvgIpc) is 2.80. The number of nitrogens with two attached hydrogens (primary N) is 1. The largest absolute Gasteiger partial charge is 0.343 e. The SMILES string of the molecule is CN(C(=O)C1CCCC(N)C1)C1CCCC1. The summed E-state index contributed by atoms with van der Waals surface area (Å²) >= 11 is 0. The minimum absolute atomic E-state index is 0.203. The molecule has 2 aliphatic rings. The van der Waals surface area contributed by atoms with Gasteiger partial charge in [-0.3, -0.25) is 4.79 Å². The molecule has 0 bridgehead atoms. The van der Waals surface area contributed by atoms with E-state index in [2.05, 4.69) is 0 Å². The van der Waals surface area contributed by atoms with Crippen LogP contribution in [0.25, 0.3) is 0 Å². The molecule has 0 heterocycles. The van der Waals surface area contributed by atoms with Crippen molar-refractivity contribution in [3.63, 3.8) is 0 Å². The molecule has 0 aromatic rings. The monoisotopic (exact) mass is 224 g/mol. The van der Waals surface area contributed by atoms with Gasteiger partial charge in [0.25, 0.3) is 0 Å². The van der Waals surface area contributed by atoms with Crippen molar-refractivity contribution in [1.29, 1.82) is 0 Å². The van der Waals surface area contributed by atoms with Gasteiger partial charge in [0.15, 0.2) is 0 Å². The van der Waals surface area contributed by atoms with Crippen LogP contribution < -0.4 is 5.73 Å². The summed E-state index contributed by atoms with van der Waals surface area (Å²) in [7, 11) is 1.98. The highest BCUT2D eigenvalue weighted by atomic mass is 16.2. The number of nitrogens with zero attached hydrogens (tertiary/aromatic N) is 1. The quantitative estimate of drug-likeness (QED) is 0.778. The zero-order chi connectivity index (χ0) is 11.5. The highest BCUT2D eigenvalue weighted by Crippen LogP contribution is 2.28. The Morgan fingerprint density at radius 1 is 1.12 bits per heavy atom. The molecule has 2 saturated carbocycles. The molecule has 0 radical (unpaired) electrons. The molecule has 0 spiro atoms. The summed E-state index contributed by atoms with van der Waals surface area (Å²) < 4.78 is 0. The number of hydrogen-bond donors (Lipinski definition) is 1. The first-order valence-corrected chi connectivity index (χ1v) is 6.70. The van der Waals surface area contributed by atoms with Crippen LogP contribution in [0.5, 0.6) is 0 Å². The lowest BCUT2D eigenvalue weighted by Gasteiger charge is -2.32. The Labute approximate surface area is 98.4 Å². The van der Waals surface area contributed by atoms with Gasteiger partial charge in [0, 0.05) is 25.0 Å². The molecule has 3 nitrogen and oxygen atoms in total. The second kappa shape index (κ2) is 5.17. The maximum absolute atomic E-state index is 12.3. The van der Waals surface area contributed by atoms with Crippen molar-refractivity contribution >= 4 is 5.91 Å². The van der Waals surface area contributed by atoms with Crippen LogP contribution in [0.1, 0.15) is 51.4 Å². The number of rotatable bonds is 2. The van der Waals surface area contributed by atoms with E-state index in [1.54, 1.807) is 0 Å². The molecule has 2 fully saturated rings. The molecule has 92 valence electrons. The van der Waals surface area contributed by atoms with Crippen molar-refractivity contribution in [2.45, 2.75) is 63.5 Å². The van der Waals surface area contributed by atoms with Crippen molar-refractivity contribution in [2.75, 3.05) is 7.05 Å². The van der Waals surface area contributed by atoms with E-state index in [0.29, 0.717) is 11.9 Å². The van der Waals surface area contributed by atoms with Crippen LogP contribution in [-0.2, 0) is 4.79 Å². The van der Waals surface area contributed by atoms with Gasteiger partial charge < -0.3 is 10.6 Å². The Bertz CT molecular complexity index is 244. The fourth-order valence-electron chi connectivity index (χ4n) is 3.21. The Hall–Kier alpha value is -0.570. The molecule has 2 N–H and O–H groups in total. The first-order valence-electron chi connectivity index (χ1n) is 6.70. The molecule has 0 aliphatic heterocycles. The lowest BCUT2D eigenvalue weighted by atomic mass is 9.85. The van der Waals surface area contributed by atoms with Gasteiger partial charge in [0.2, 0.25) is 5.91 Å². The fourth-order valence-corrected chi connectivity index (χ4v) is 3.21. The molecule has 2 atom stereocenters. The van der Waals surface area contributed by atoms with Gasteiger partial charge in [-0.05, 0) is 32.1 Å². The van der Waals surface area contributed by atoms with Gasteiger partial charge in [-0.2, -0.15) is 0 Å². The first kappa shape index (κ1) is 11.9. The minimum atomic E-state index is 0.203. The summed E-state index contributed by atoms with van der Waals surface area (Å²) in [6.45, 7) is 0. The lowest BCUT2D eigenvalue weighted by Crippen LogP contribution is -2.42. The van der Waals surface area contributed by atoms with Gasteiger partial charge in [0.1, 0.15) is 0 Å². The number of carbonyl (C=O) groups is 1. The molecule has 16 heavy (non-hydrogen) atoms. The van der Waals surface area contributed by atoms with Crippen LogP contribution in [-0.4, -0.2) is 29.9 Å². The molecule has 3 heteroatoms. The Balaban J connectivity index is 1.89. The number of hydrogen-bond acceptors (Lipinski definition) is 2. The molecule has 2 unspecified atom stereocenters. The van der Waals surface area contributed by atoms with E-state index in [0.717, 1.165) is 25.7 Å². The van der Waals surface area contributed by atoms with Gasteiger partial charge in [-0.25, -0.2) is 0 Å². The predicted molar refractivity (Wildman–Crippen MR) is 65.0 cm³/mol. The van der Waals surface area contributed by atoms with Crippen LogP contribution >= 0.6 is 0 Å². The Kier molecular flexibility index (Phi) is 3.85. The van der Waals surface area contributed by atoms with Gasteiger partial charge in [-0.1, -0.05) is 19.3 Å². The smallest absolute Gasteiger partial charge is 0.225 e. The van der Waals surface area contributed by atoms with Crippen LogP contribution in [0.4, 0.5) is 0 Å². The Morgan fingerprint density at radius 2 is 1.81 bits per heavy atom. The zero-order valence-electron chi connectivity index (χ0n) is 10.3. The third kappa shape index (κ3) is 2.57. The third-order valence-electron chi connectivity index (χ3n) is 4.28. The van der Waals surface area contributed by atoms with E-state index in [9.17, 15) is 4.79 Å². The lowest BCUT2D eigenvalue weighted by molar-refractivity contribution is -0.137. The van der Waals surface area contributed by atoms with Crippen molar-refractivity contribution in [3.8, 4) is 0 Å². The van der Waals surface area contributed by atoms with Crippen molar-refractivity contribution in [1.82, 2.24) is 4.90 Å². The maximum Gasteiger partial charge on any atom is 0.225 e. The highest BCUT2D eigenvalue weighted by Gasteiger charge is 2.31. The van der Waals surface area contributed by atoms with Crippen LogP contribution in [0.3, 0.4) is 0 Å². The molecule has 0 aromatic heterocycles. The highest BCUT2D eigenvalue weighted by molar-refractivity contribution is 5.79. The molecule has 2 aliphatic carbocycles. The molecule has 2 rings (SSSR count). The summed E-state index contributed by atoms with van der Waals surface area (Å²) in [5.41, 5.74) is 5.95. The maximum atomic E-state index is 12.3. The topological polar surface area (TPSA) is 46.3 Å². The van der Waals surface area contributed by atoms with Crippen LogP contribution in [0, 0.1) is 5.92 Å². The number of carbonyl (C=O) groups excluding carboxylic acids is 1. The summed E-state index contributed by atoms with van der Waals surface area (Å²) in [5.74, 6) is 0.552. The normalized spacial score (nSPS) is 31.6. The third-order valence-corrected chi connectivity index (χ3v) is 4.28. The fraction of sp³-hybridized carbons (Fsp3) is 0.923. The van der Waals surface area contributed by atoms with E-state index in [1.807, 2.05) is 11.9 Å². The van der Waals surface area contributed by atoms with E-state index in [4.69, 9.17) is 5.73 Å². The van der Waals surface area contributed by atoms with Crippen molar-refractivity contribution in [2.24, 2.45) is 11.7 Å². The van der Waals surface area contributed by atoms with E-state index in [-0.39, 0.29) is 12.0 Å². The standard InChI is InChI=1S/C13H24N2O/c1-15(12-7-2-3-8-12)13(16)10-5-4-6-11(14)9-10/h10-12H,2-9,14H2,1H3. The van der Waals surface area contributed by atoms with E-state index < -0.39 is 0 Å². The molecule has 0 saturated heterocycles. The molecular formula is C13H24N2O. The molecular weight excluding hydrogens is 200 g/mol. The first-order chi connectivity index (χ1) is 7.68. The zero-order valence-corrected chi connectivity index (χ0v) is 10.3.